The standard InChI is InChI=1S/C32H58OSi/c1-10-24(22(2)3)12-11-23(4)28-15-16-29-27-14-13-25-21-26(33-34(7,8)9)17-19-31(25,5)30(27)18-20-32(28,29)6/h22-26,28,30H,10-21H2,1-9H3/t23-,24?,25+,26+,28-,30+,31+,32-/m1/s1. The van der Waals surface area contributed by atoms with Crippen LogP contribution >= 0.6 is 0 Å². The zero-order valence-corrected chi connectivity index (χ0v) is 25.4. The third kappa shape index (κ3) is 5.03. The van der Waals surface area contributed by atoms with Crippen LogP contribution in [0.5, 0.6) is 0 Å². The van der Waals surface area contributed by atoms with E-state index < -0.39 is 8.32 Å². The topological polar surface area (TPSA) is 9.23 Å². The van der Waals surface area contributed by atoms with Crippen molar-refractivity contribution in [3.05, 3.63) is 11.1 Å². The summed E-state index contributed by atoms with van der Waals surface area (Å²) < 4.78 is 6.62. The number of rotatable bonds is 8. The summed E-state index contributed by atoms with van der Waals surface area (Å²) in [6, 6.07) is 0. The highest BCUT2D eigenvalue weighted by Crippen LogP contribution is 2.66. The van der Waals surface area contributed by atoms with E-state index in [1.807, 2.05) is 11.1 Å². The highest BCUT2D eigenvalue weighted by molar-refractivity contribution is 6.69. The van der Waals surface area contributed by atoms with Crippen molar-refractivity contribution in [2.24, 2.45) is 46.3 Å². The van der Waals surface area contributed by atoms with Crippen molar-refractivity contribution in [1.29, 1.82) is 0 Å². The summed E-state index contributed by atoms with van der Waals surface area (Å²) in [6.45, 7) is 22.4. The van der Waals surface area contributed by atoms with Crippen LogP contribution < -0.4 is 0 Å². The van der Waals surface area contributed by atoms with Crippen LogP contribution in [0.1, 0.15) is 119 Å². The predicted octanol–water partition coefficient (Wildman–Crippen LogP) is 10.0. The first-order chi connectivity index (χ1) is 15.9. The number of fused-ring (bicyclic) bond motifs is 4. The molecule has 0 saturated heterocycles. The van der Waals surface area contributed by atoms with Gasteiger partial charge in [-0.2, -0.15) is 0 Å². The van der Waals surface area contributed by atoms with Gasteiger partial charge < -0.3 is 4.43 Å². The van der Waals surface area contributed by atoms with Crippen molar-refractivity contribution < 1.29 is 4.43 Å². The molecule has 196 valence electrons. The molecule has 0 aromatic rings. The van der Waals surface area contributed by atoms with Crippen LogP contribution in [0, 0.1) is 46.3 Å². The van der Waals surface area contributed by atoms with E-state index in [4.69, 9.17) is 4.43 Å². The molecule has 8 atom stereocenters. The molecule has 1 nitrogen and oxygen atoms in total. The number of hydrogen-bond acceptors (Lipinski definition) is 1. The van der Waals surface area contributed by atoms with Gasteiger partial charge in [0.2, 0.25) is 0 Å². The Bertz CT molecular complexity index is 747. The van der Waals surface area contributed by atoms with Gasteiger partial charge in [0.15, 0.2) is 8.32 Å². The van der Waals surface area contributed by atoms with E-state index in [0.29, 0.717) is 16.9 Å². The van der Waals surface area contributed by atoms with E-state index >= 15 is 0 Å². The Morgan fingerprint density at radius 1 is 0.941 bits per heavy atom. The van der Waals surface area contributed by atoms with Gasteiger partial charge in [-0.25, -0.2) is 0 Å². The second-order valence-corrected chi connectivity index (χ2v) is 19.5. The zero-order valence-electron chi connectivity index (χ0n) is 24.4. The molecule has 0 aliphatic heterocycles. The van der Waals surface area contributed by atoms with Gasteiger partial charge in [-0.3, -0.25) is 0 Å². The molecule has 0 N–H and O–H groups in total. The van der Waals surface area contributed by atoms with Crippen LogP contribution in [0.2, 0.25) is 19.6 Å². The van der Waals surface area contributed by atoms with Crippen molar-refractivity contribution in [2.45, 2.75) is 144 Å². The van der Waals surface area contributed by atoms with Crippen molar-refractivity contribution in [1.82, 2.24) is 0 Å². The molecule has 3 saturated carbocycles. The van der Waals surface area contributed by atoms with Gasteiger partial charge in [-0.05, 0) is 130 Å². The lowest BCUT2D eigenvalue weighted by molar-refractivity contribution is -0.0328. The minimum Gasteiger partial charge on any atom is -0.415 e. The average Bonchev–Trinajstić information content (AvgIpc) is 3.10. The van der Waals surface area contributed by atoms with Crippen LogP contribution in [0.3, 0.4) is 0 Å². The first kappa shape index (κ1) is 27.0. The van der Waals surface area contributed by atoms with Gasteiger partial charge in [0.25, 0.3) is 0 Å². The monoisotopic (exact) mass is 486 g/mol. The van der Waals surface area contributed by atoms with Crippen LogP contribution in [-0.4, -0.2) is 14.4 Å². The fourth-order valence-corrected chi connectivity index (χ4v) is 10.9. The third-order valence-corrected chi connectivity index (χ3v) is 12.7. The minimum atomic E-state index is -1.44. The molecule has 34 heavy (non-hydrogen) atoms. The quantitative estimate of drug-likeness (QED) is 0.245. The maximum absolute atomic E-state index is 6.62. The van der Waals surface area contributed by atoms with Crippen LogP contribution in [0.4, 0.5) is 0 Å². The highest BCUT2D eigenvalue weighted by Gasteiger charge is 2.55. The Kier molecular flexibility index (Phi) is 7.93. The largest absolute Gasteiger partial charge is 0.415 e. The molecule has 0 heterocycles. The third-order valence-electron chi connectivity index (χ3n) is 11.7. The Morgan fingerprint density at radius 3 is 2.32 bits per heavy atom. The first-order valence-corrected chi connectivity index (χ1v) is 18.7. The summed E-state index contributed by atoms with van der Waals surface area (Å²) in [5, 5.41) is 0. The smallest absolute Gasteiger partial charge is 0.184 e. The Hall–Kier alpha value is -0.0831. The summed E-state index contributed by atoms with van der Waals surface area (Å²) in [4.78, 5) is 0. The average molecular weight is 487 g/mol. The fourth-order valence-electron chi connectivity index (χ4n) is 9.70. The molecule has 4 aliphatic rings. The lowest BCUT2D eigenvalue weighted by Crippen LogP contribution is -2.49. The van der Waals surface area contributed by atoms with Gasteiger partial charge in [0.05, 0.1) is 0 Å². The van der Waals surface area contributed by atoms with E-state index in [9.17, 15) is 0 Å². The summed E-state index contributed by atoms with van der Waals surface area (Å²) in [5.41, 5.74) is 4.99. The van der Waals surface area contributed by atoms with E-state index in [1.165, 1.54) is 77.0 Å². The molecule has 4 rings (SSSR count). The maximum Gasteiger partial charge on any atom is 0.184 e. The van der Waals surface area contributed by atoms with Crippen LogP contribution in [-0.2, 0) is 4.43 Å². The molecule has 4 aliphatic carbocycles. The highest BCUT2D eigenvalue weighted by atomic mass is 28.4. The molecule has 2 heteroatoms. The van der Waals surface area contributed by atoms with Gasteiger partial charge >= 0.3 is 0 Å². The van der Waals surface area contributed by atoms with E-state index in [-0.39, 0.29) is 0 Å². The van der Waals surface area contributed by atoms with Crippen molar-refractivity contribution >= 4 is 8.32 Å². The molecule has 0 bridgehead atoms. The zero-order chi connectivity index (χ0) is 24.9. The molecule has 3 fully saturated rings. The molecular weight excluding hydrogens is 428 g/mol. The molecule has 0 spiro atoms. The summed E-state index contributed by atoms with van der Waals surface area (Å²) in [6.07, 6.45) is 17.5. The van der Waals surface area contributed by atoms with E-state index in [0.717, 1.165) is 35.5 Å². The number of allylic oxidation sites excluding steroid dienone is 2. The van der Waals surface area contributed by atoms with Gasteiger partial charge in [-0.1, -0.05) is 65.5 Å². The molecule has 1 unspecified atom stereocenters. The Morgan fingerprint density at radius 2 is 1.68 bits per heavy atom. The molecular formula is C32H58OSi. The minimum absolute atomic E-state index is 0.506. The van der Waals surface area contributed by atoms with Gasteiger partial charge in [-0.15, -0.1) is 0 Å². The lowest BCUT2D eigenvalue weighted by Gasteiger charge is -2.57. The van der Waals surface area contributed by atoms with E-state index in [1.54, 1.807) is 0 Å². The summed E-state index contributed by atoms with van der Waals surface area (Å²) >= 11 is 0. The fraction of sp³-hybridized carbons (Fsp3) is 0.938. The molecule has 0 aromatic carbocycles. The lowest BCUT2D eigenvalue weighted by atomic mass is 9.49. The SMILES string of the molecule is CCC(CC[C@@H](C)[C@H]1CCC2=C3CC[C@H]4C[C@@H](O[Si](C)(C)C)CC[C@]4(C)[C@H]3CC[C@@]21C)C(C)C. The summed E-state index contributed by atoms with van der Waals surface area (Å²) in [5.74, 6) is 5.33. The Balaban J connectivity index is 1.48. The van der Waals surface area contributed by atoms with Crippen molar-refractivity contribution in [3.63, 3.8) is 0 Å². The molecule has 0 aromatic heterocycles. The Labute approximate surface area is 214 Å². The van der Waals surface area contributed by atoms with Crippen molar-refractivity contribution in [2.75, 3.05) is 0 Å². The second kappa shape index (κ2) is 10.00. The van der Waals surface area contributed by atoms with Crippen LogP contribution in [0.15, 0.2) is 11.1 Å². The molecule has 0 amide bonds. The maximum atomic E-state index is 6.62. The van der Waals surface area contributed by atoms with E-state index in [2.05, 4.69) is 61.2 Å². The van der Waals surface area contributed by atoms with Gasteiger partial charge in [0, 0.05) is 6.10 Å². The second-order valence-electron chi connectivity index (χ2n) is 15.0. The summed E-state index contributed by atoms with van der Waals surface area (Å²) in [7, 11) is -1.44. The normalized spacial score (nSPS) is 40.1. The number of hydrogen-bond donors (Lipinski definition) is 0. The van der Waals surface area contributed by atoms with Crippen LogP contribution in [0.25, 0.3) is 0 Å². The molecule has 0 radical (unpaired) electrons. The predicted molar refractivity (Wildman–Crippen MR) is 150 cm³/mol. The van der Waals surface area contributed by atoms with Crippen molar-refractivity contribution in [3.8, 4) is 0 Å². The van der Waals surface area contributed by atoms with Gasteiger partial charge in [0.1, 0.15) is 0 Å². The first-order valence-electron chi connectivity index (χ1n) is 15.3.